The summed E-state index contributed by atoms with van der Waals surface area (Å²) in [7, 11) is 1.80. The Balaban J connectivity index is 2.52. The number of aryl methyl sites for hydroxylation is 1. The summed E-state index contributed by atoms with van der Waals surface area (Å²) in [5.74, 6) is 1.50. The maximum atomic E-state index is 12.0. The van der Waals surface area contributed by atoms with E-state index in [4.69, 9.17) is 0 Å². The van der Waals surface area contributed by atoms with Gasteiger partial charge in [-0.2, -0.15) is 0 Å². The highest BCUT2D eigenvalue weighted by Crippen LogP contribution is 2.27. The minimum absolute atomic E-state index is 0.133. The molecule has 0 aliphatic carbocycles. The van der Waals surface area contributed by atoms with Crippen molar-refractivity contribution in [3.63, 3.8) is 0 Å². The largest absolute Gasteiger partial charge is 0.373 e. The van der Waals surface area contributed by atoms with Gasteiger partial charge < -0.3 is 10.2 Å². The molecule has 7 heteroatoms. The molecule has 2 N–H and O–H groups in total. The highest BCUT2D eigenvalue weighted by Gasteiger charge is 2.34. The van der Waals surface area contributed by atoms with Gasteiger partial charge in [-0.05, 0) is 13.3 Å². The number of anilines is 2. The summed E-state index contributed by atoms with van der Waals surface area (Å²) >= 11 is 0. The molecule has 1 fully saturated rings. The smallest absolute Gasteiger partial charge is 0.249 e. The van der Waals surface area contributed by atoms with E-state index in [1.807, 2.05) is 20.8 Å². The number of nitrogens with one attached hydrogen (secondary N) is 2. The maximum absolute atomic E-state index is 12.0. The molecule has 1 saturated heterocycles. The summed E-state index contributed by atoms with van der Waals surface area (Å²) in [6.45, 7) is 5.92. The number of carbonyl (C=O) groups excluding carboxylic acids is 2. The van der Waals surface area contributed by atoms with Crippen molar-refractivity contribution in [2.24, 2.45) is 0 Å². The lowest BCUT2D eigenvalue weighted by molar-refractivity contribution is -0.132. The SMILES string of the molecule is CCc1nc(NC)c(C)c(N2CC(=O)NC(=O)C2CC)n1. The number of imide groups is 1. The van der Waals surface area contributed by atoms with Crippen molar-refractivity contribution in [1.29, 1.82) is 0 Å². The zero-order chi connectivity index (χ0) is 15.6. The molecule has 114 valence electrons. The first kappa shape index (κ1) is 15.2. The molecule has 0 spiro atoms. The second kappa shape index (κ2) is 6.07. The average Bonchev–Trinajstić information content (AvgIpc) is 2.46. The number of rotatable bonds is 4. The lowest BCUT2D eigenvalue weighted by Crippen LogP contribution is -2.58. The number of amides is 2. The van der Waals surface area contributed by atoms with Gasteiger partial charge in [0.15, 0.2) is 0 Å². The number of nitrogens with zero attached hydrogens (tertiary/aromatic N) is 3. The highest BCUT2D eigenvalue weighted by molar-refractivity contribution is 6.04. The Morgan fingerprint density at radius 1 is 1.33 bits per heavy atom. The van der Waals surface area contributed by atoms with E-state index >= 15 is 0 Å². The van der Waals surface area contributed by atoms with Gasteiger partial charge in [0.25, 0.3) is 0 Å². The Kier molecular flexibility index (Phi) is 4.40. The first-order valence-corrected chi connectivity index (χ1v) is 7.17. The Hall–Kier alpha value is -2.18. The first-order valence-electron chi connectivity index (χ1n) is 7.17. The normalized spacial score (nSPS) is 18.7. The van der Waals surface area contributed by atoms with Crippen molar-refractivity contribution in [3.05, 3.63) is 11.4 Å². The van der Waals surface area contributed by atoms with Gasteiger partial charge in [-0.3, -0.25) is 14.9 Å². The van der Waals surface area contributed by atoms with Gasteiger partial charge in [0, 0.05) is 19.0 Å². The molecule has 1 unspecified atom stereocenters. The molecule has 21 heavy (non-hydrogen) atoms. The van der Waals surface area contributed by atoms with Gasteiger partial charge in [0.05, 0.1) is 6.54 Å². The number of piperazine rings is 1. The third-order valence-corrected chi connectivity index (χ3v) is 3.63. The monoisotopic (exact) mass is 291 g/mol. The standard InChI is InChI=1S/C14H21N5O2/c1-5-9-14(21)18-11(20)7-19(9)13-8(3)12(15-4)16-10(6-2)17-13/h9H,5-7H2,1-4H3,(H,15,16,17)(H,18,20,21). The van der Waals surface area contributed by atoms with Crippen molar-refractivity contribution in [1.82, 2.24) is 15.3 Å². The van der Waals surface area contributed by atoms with Crippen LogP contribution in [0.15, 0.2) is 0 Å². The van der Waals surface area contributed by atoms with E-state index in [1.54, 1.807) is 11.9 Å². The van der Waals surface area contributed by atoms with Crippen molar-refractivity contribution in [3.8, 4) is 0 Å². The molecular weight excluding hydrogens is 270 g/mol. The van der Waals surface area contributed by atoms with Crippen molar-refractivity contribution in [2.75, 3.05) is 23.8 Å². The van der Waals surface area contributed by atoms with Crippen molar-refractivity contribution >= 4 is 23.5 Å². The van der Waals surface area contributed by atoms with Crippen LogP contribution in [0.25, 0.3) is 0 Å². The van der Waals surface area contributed by atoms with Gasteiger partial charge >= 0.3 is 0 Å². The zero-order valence-corrected chi connectivity index (χ0v) is 12.9. The van der Waals surface area contributed by atoms with Gasteiger partial charge in [-0.25, -0.2) is 9.97 Å². The van der Waals surface area contributed by atoms with E-state index in [1.165, 1.54) is 0 Å². The second-order valence-corrected chi connectivity index (χ2v) is 5.00. The molecule has 0 aromatic carbocycles. The first-order chi connectivity index (χ1) is 10.0. The van der Waals surface area contributed by atoms with Crippen LogP contribution in [0, 0.1) is 6.92 Å². The van der Waals surface area contributed by atoms with Crippen LogP contribution in [-0.4, -0.2) is 41.4 Å². The van der Waals surface area contributed by atoms with Crippen LogP contribution < -0.4 is 15.5 Å². The molecular formula is C14H21N5O2. The lowest BCUT2D eigenvalue weighted by Gasteiger charge is -2.35. The fourth-order valence-corrected chi connectivity index (χ4v) is 2.53. The topological polar surface area (TPSA) is 87.2 Å². The molecule has 7 nitrogen and oxygen atoms in total. The zero-order valence-electron chi connectivity index (χ0n) is 12.9. The van der Waals surface area contributed by atoms with E-state index < -0.39 is 0 Å². The van der Waals surface area contributed by atoms with Crippen LogP contribution in [0.4, 0.5) is 11.6 Å². The molecule has 1 aromatic heterocycles. The molecule has 0 bridgehead atoms. The van der Waals surface area contributed by atoms with Crippen LogP contribution >= 0.6 is 0 Å². The fraction of sp³-hybridized carbons (Fsp3) is 0.571. The molecule has 1 aromatic rings. The number of hydrogen-bond acceptors (Lipinski definition) is 6. The summed E-state index contributed by atoms with van der Waals surface area (Å²) in [4.78, 5) is 34.4. The summed E-state index contributed by atoms with van der Waals surface area (Å²) < 4.78 is 0. The maximum Gasteiger partial charge on any atom is 0.249 e. The number of aromatic nitrogens is 2. The molecule has 2 heterocycles. The number of carbonyl (C=O) groups is 2. The van der Waals surface area contributed by atoms with E-state index in [9.17, 15) is 9.59 Å². The van der Waals surface area contributed by atoms with Crippen LogP contribution in [0.5, 0.6) is 0 Å². The van der Waals surface area contributed by atoms with Crippen molar-refractivity contribution < 1.29 is 9.59 Å². The molecule has 2 amide bonds. The van der Waals surface area contributed by atoms with E-state index in [2.05, 4.69) is 20.6 Å². The minimum atomic E-state index is -0.384. The highest BCUT2D eigenvalue weighted by atomic mass is 16.2. The quantitative estimate of drug-likeness (QED) is 0.791. The molecule has 0 radical (unpaired) electrons. The Morgan fingerprint density at radius 2 is 2.05 bits per heavy atom. The van der Waals surface area contributed by atoms with Crippen LogP contribution in [0.1, 0.15) is 31.7 Å². The van der Waals surface area contributed by atoms with Gasteiger partial charge in [0.2, 0.25) is 11.8 Å². The van der Waals surface area contributed by atoms with Gasteiger partial charge in [-0.1, -0.05) is 13.8 Å². The Labute approximate surface area is 124 Å². The minimum Gasteiger partial charge on any atom is -0.373 e. The van der Waals surface area contributed by atoms with Crippen LogP contribution in [0.2, 0.25) is 0 Å². The third-order valence-electron chi connectivity index (χ3n) is 3.63. The Bertz CT molecular complexity index is 573. The second-order valence-electron chi connectivity index (χ2n) is 5.00. The van der Waals surface area contributed by atoms with Crippen LogP contribution in [-0.2, 0) is 16.0 Å². The van der Waals surface area contributed by atoms with E-state index in [-0.39, 0.29) is 24.4 Å². The molecule has 1 aliphatic heterocycles. The van der Waals surface area contributed by atoms with E-state index in [0.717, 1.165) is 11.4 Å². The molecule has 0 saturated carbocycles. The van der Waals surface area contributed by atoms with Crippen LogP contribution in [0.3, 0.4) is 0 Å². The average molecular weight is 291 g/mol. The third kappa shape index (κ3) is 2.81. The lowest BCUT2D eigenvalue weighted by atomic mass is 10.1. The Morgan fingerprint density at radius 3 is 2.62 bits per heavy atom. The number of hydrogen-bond donors (Lipinski definition) is 2. The molecule has 1 atom stereocenters. The van der Waals surface area contributed by atoms with Gasteiger partial charge in [-0.15, -0.1) is 0 Å². The summed E-state index contributed by atoms with van der Waals surface area (Å²) in [5.41, 5.74) is 0.843. The predicted molar refractivity (Wildman–Crippen MR) is 80.3 cm³/mol. The summed E-state index contributed by atoms with van der Waals surface area (Å²) in [5, 5.41) is 5.42. The van der Waals surface area contributed by atoms with E-state index in [0.29, 0.717) is 24.5 Å². The molecule has 2 rings (SSSR count). The fourth-order valence-electron chi connectivity index (χ4n) is 2.53. The summed E-state index contributed by atoms with van der Waals surface area (Å²) in [6.07, 6.45) is 1.30. The van der Waals surface area contributed by atoms with Crippen molar-refractivity contribution in [2.45, 2.75) is 39.7 Å². The summed E-state index contributed by atoms with van der Waals surface area (Å²) in [6, 6.07) is -0.384. The predicted octanol–water partition coefficient (Wildman–Crippen LogP) is 0.631. The van der Waals surface area contributed by atoms with Gasteiger partial charge in [0.1, 0.15) is 23.5 Å². The molecule has 1 aliphatic rings.